The quantitative estimate of drug-likeness (QED) is 0.727. The summed E-state index contributed by atoms with van der Waals surface area (Å²) >= 11 is 1.30. The molecule has 3 N–H and O–H groups in total. The lowest BCUT2D eigenvalue weighted by Gasteiger charge is -2.21. The minimum Gasteiger partial charge on any atom is -0.477 e. The summed E-state index contributed by atoms with van der Waals surface area (Å²) in [4.78, 5) is 12.2. The second-order valence-electron chi connectivity index (χ2n) is 4.92. The molecule has 0 spiro atoms. The third kappa shape index (κ3) is 4.11. The summed E-state index contributed by atoms with van der Waals surface area (Å²) < 4.78 is 0. The Morgan fingerprint density at radius 2 is 2.18 bits per heavy atom. The van der Waals surface area contributed by atoms with Crippen LogP contribution in [-0.2, 0) is 6.54 Å². The van der Waals surface area contributed by atoms with Crippen molar-refractivity contribution in [2.75, 3.05) is 13.2 Å². The predicted molar refractivity (Wildman–Crippen MR) is 68.6 cm³/mol. The van der Waals surface area contributed by atoms with Crippen LogP contribution in [0.1, 0.15) is 34.0 Å². The van der Waals surface area contributed by atoms with Gasteiger partial charge in [-0.2, -0.15) is 0 Å². The number of thiophene rings is 1. The first-order chi connectivity index (χ1) is 7.85. The maximum Gasteiger partial charge on any atom is 0.345 e. The standard InChI is InChI=1S/C12H19NO3S/c1-8-9(4-10(17-8)11(15)16)5-13-6-12(2,3)7-14/h4,13-14H,5-7H2,1-3H3,(H,15,16). The van der Waals surface area contributed by atoms with Gasteiger partial charge in [-0.3, -0.25) is 0 Å². The van der Waals surface area contributed by atoms with Gasteiger partial charge in [-0.15, -0.1) is 11.3 Å². The number of carbonyl (C=O) groups is 1. The van der Waals surface area contributed by atoms with Gasteiger partial charge >= 0.3 is 5.97 Å². The van der Waals surface area contributed by atoms with Crippen molar-refractivity contribution in [1.29, 1.82) is 0 Å². The van der Waals surface area contributed by atoms with Crippen molar-refractivity contribution in [2.45, 2.75) is 27.3 Å². The SMILES string of the molecule is Cc1sc(C(=O)O)cc1CNCC(C)(C)CO. The van der Waals surface area contributed by atoms with Crippen LogP contribution in [0.4, 0.5) is 0 Å². The van der Waals surface area contributed by atoms with Crippen molar-refractivity contribution >= 4 is 17.3 Å². The Labute approximate surface area is 105 Å². The van der Waals surface area contributed by atoms with Crippen LogP contribution in [0, 0.1) is 12.3 Å². The van der Waals surface area contributed by atoms with Crippen molar-refractivity contribution in [3.63, 3.8) is 0 Å². The van der Waals surface area contributed by atoms with E-state index in [9.17, 15) is 4.79 Å². The zero-order valence-corrected chi connectivity index (χ0v) is 11.2. The first-order valence-electron chi connectivity index (χ1n) is 5.50. The molecule has 0 radical (unpaired) electrons. The summed E-state index contributed by atoms with van der Waals surface area (Å²) in [5, 5.41) is 21.2. The summed E-state index contributed by atoms with van der Waals surface area (Å²) in [7, 11) is 0. The van der Waals surface area contributed by atoms with E-state index in [1.54, 1.807) is 6.07 Å². The maximum absolute atomic E-state index is 10.8. The monoisotopic (exact) mass is 257 g/mol. The fourth-order valence-corrected chi connectivity index (χ4v) is 2.27. The van der Waals surface area contributed by atoms with E-state index in [1.165, 1.54) is 11.3 Å². The van der Waals surface area contributed by atoms with Gasteiger partial charge in [0.05, 0.1) is 0 Å². The number of rotatable bonds is 6. The molecule has 1 aromatic heterocycles. The number of aliphatic hydroxyl groups is 1. The number of hydrogen-bond donors (Lipinski definition) is 3. The highest BCUT2D eigenvalue weighted by molar-refractivity contribution is 7.14. The van der Waals surface area contributed by atoms with E-state index < -0.39 is 5.97 Å². The van der Waals surface area contributed by atoms with Gasteiger partial charge < -0.3 is 15.5 Å². The lowest BCUT2D eigenvalue weighted by atomic mass is 9.95. The highest BCUT2D eigenvalue weighted by Crippen LogP contribution is 2.21. The van der Waals surface area contributed by atoms with Crippen LogP contribution in [-0.4, -0.2) is 29.3 Å². The third-order valence-electron chi connectivity index (χ3n) is 2.58. The molecule has 1 aromatic rings. The summed E-state index contributed by atoms with van der Waals surface area (Å²) in [5.74, 6) is -0.875. The van der Waals surface area contributed by atoms with Gasteiger partial charge in [0.2, 0.25) is 0 Å². The number of carboxylic acid groups (broad SMARTS) is 1. The van der Waals surface area contributed by atoms with Gasteiger partial charge in [0.1, 0.15) is 4.88 Å². The molecule has 0 aromatic carbocycles. The average molecular weight is 257 g/mol. The summed E-state index contributed by atoms with van der Waals surface area (Å²) in [5.41, 5.74) is 0.862. The van der Waals surface area contributed by atoms with Crippen LogP contribution in [0.5, 0.6) is 0 Å². The van der Waals surface area contributed by atoms with E-state index in [4.69, 9.17) is 10.2 Å². The fourth-order valence-electron chi connectivity index (χ4n) is 1.39. The second kappa shape index (κ2) is 5.62. The summed E-state index contributed by atoms with van der Waals surface area (Å²) in [6, 6.07) is 1.71. The number of aliphatic hydroxyl groups excluding tert-OH is 1. The van der Waals surface area contributed by atoms with E-state index in [0.717, 1.165) is 10.4 Å². The maximum atomic E-state index is 10.8. The van der Waals surface area contributed by atoms with E-state index >= 15 is 0 Å². The molecule has 0 amide bonds. The zero-order valence-electron chi connectivity index (χ0n) is 10.4. The Morgan fingerprint density at radius 1 is 1.53 bits per heavy atom. The minimum absolute atomic E-state index is 0.128. The van der Waals surface area contributed by atoms with Crippen LogP contribution in [0.2, 0.25) is 0 Å². The Bertz CT molecular complexity index is 398. The molecule has 0 fully saturated rings. The molecule has 0 aliphatic heterocycles. The topological polar surface area (TPSA) is 69.6 Å². The van der Waals surface area contributed by atoms with Crippen molar-refractivity contribution in [2.24, 2.45) is 5.41 Å². The van der Waals surface area contributed by atoms with E-state index in [1.807, 2.05) is 20.8 Å². The number of aryl methyl sites for hydroxylation is 1. The molecular weight excluding hydrogens is 238 g/mol. The van der Waals surface area contributed by atoms with E-state index in [-0.39, 0.29) is 12.0 Å². The highest BCUT2D eigenvalue weighted by atomic mass is 32.1. The minimum atomic E-state index is -0.875. The average Bonchev–Trinajstić information content (AvgIpc) is 2.60. The molecule has 0 bridgehead atoms. The summed E-state index contributed by atoms with van der Waals surface area (Å²) in [6.45, 7) is 7.33. The molecular formula is C12H19NO3S. The molecule has 17 heavy (non-hydrogen) atoms. The van der Waals surface area contributed by atoms with Gasteiger partial charge in [-0.1, -0.05) is 13.8 Å². The normalized spacial score (nSPS) is 11.8. The van der Waals surface area contributed by atoms with Crippen LogP contribution in [0.15, 0.2) is 6.07 Å². The van der Waals surface area contributed by atoms with Crippen LogP contribution in [0.3, 0.4) is 0 Å². The highest BCUT2D eigenvalue weighted by Gasteiger charge is 2.16. The van der Waals surface area contributed by atoms with Crippen molar-refractivity contribution < 1.29 is 15.0 Å². The smallest absolute Gasteiger partial charge is 0.345 e. The van der Waals surface area contributed by atoms with Crippen LogP contribution >= 0.6 is 11.3 Å². The van der Waals surface area contributed by atoms with Crippen molar-refractivity contribution in [1.82, 2.24) is 5.32 Å². The Kier molecular flexibility index (Phi) is 4.68. The molecule has 1 heterocycles. The van der Waals surface area contributed by atoms with E-state index in [0.29, 0.717) is 18.0 Å². The van der Waals surface area contributed by atoms with Crippen molar-refractivity contribution in [3.05, 3.63) is 21.4 Å². The number of nitrogens with one attached hydrogen (secondary N) is 1. The van der Waals surface area contributed by atoms with Gasteiger partial charge in [-0.25, -0.2) is 4.79 Å². The number of carboxylic acids is 1. The molecule has 96 valence electrons. The fraction of sp³-hybridized carbons (Fsp3) is 0.583. The lowest BCUT2D eigenvalue weighted by Crippen LogP contribution is -2.31. The Hall–Kier alpha value is -0.910. The van der Waals surface area contributed by atoms with Gasteiger partial charge in [0, 0.05) is 30.0 Å². The van der Waals surface area contributed by atoms with Crippen LogP contribution in [0.25, 0.3) is 0 Å². The second-order valence-corrected chi connectivity index (χ2v) is 6.18. The molecule has 4 nitrogen and oxygen atoms in total. The third-order valence-corrected chi connectivity index (χ3v) is 3.66. The lowest BCUT2D eigenvalue weighted by molar-refractivity contribution is 0.0702. The first-order valence-corrected chi connectivity index (χ1v) is 6.31. The van der Waals surface area contributed by atoms with Gasteiger partial charge in [-0.05, 0) is 18.6 Å². The molecule has 0 aliphatic rings. The number of hydrogen-bond acceptors (Lipinski definition) is 4. The van der Waals surface area contributed by atoms with Gasteiger partial charge in [0.25, 0.3) is 0 Å². The molecule has 0 saturated heterocycles. The molecule has 0 atom stereocenters. The van der Waals surface area contributed by atoms with Crippen LogP contribution < -0.4 is 5.32 Å². The zero-order chi connectivity index (χ0) is 13.1. The summed E-state index contributed by atoms with van der Waals surface area (Å²) in [6.07, 6.45) is 0. The Morgan fingerprint density at radius 3 is 2.65 bits per heavy atom. The molecule has 0 aliphatic carbocycles. The molecule has 5 heteroatoms. The number of aromatic carboxylic acids is 1. The predicted octanol–water partition coefficient (Wildman–Crippen LogP) is 1.86. The largest absolute Gasteiger partial charge is 0.477 e. The first kappa shape index (κ1) is 14.2. The van der Waals surface area contributed by atoms with Crippen molar-refractivity contribution in [3.8, 4) is 0 Å². The van der Waals surface area contributed by atoms with Gasteiger partial charge in [0.15, 0.2) is 0 Å². The van der Waals surface area contributed by atoms with E-state index in [2.05, 4.69) is 5.32 Å². The molecule has 0 unspecified atom stereocenters. The Balaban J connectivity index is 2.55. The molecule has 1 rings (SSSR count). The molecule has 0 saturated carbocycles.